The largest absolute Gasteiger partial charge is 0.492 e. The van der Waals surface area contributed by atoms with Gasteiger partial charge in [0.05, 0.1) is 25.8 Å². The van der Waals surface area contributed by atoms with Crippen molar-refractivity contribution >= 4 is 16.7 Å². The molecule has 1 N–H and O–H groups in total. The molecule has 2 aliphatic rings. The van der Waals surface area contributed by atoms with E-state index in [2.05, 4.69) is 25.2 Å². The maximum atomic E-state index is 13.7. The van der Waals surface area contributed by atoms with E-state index in [1.165, 1.54) is 26.1 Å². The lowest BCUT2D eigenvalue weighted by atomic mass is 9.90. The Hall–Kier alpha value is -2.84. The third-order valence-electron chi connectivity index (χ3n) is 6.60. The van der Waals surface area contributed by atoms with E-state index in [-0.39, 0.29) is 5.75 Å². The van der Waals surface area contributed by atoms with Crippen LogP contribution in [-0.4, -0.2) is 65.3 Å². The molecule has 32 heavy (non-hydrogen) atoms. The summed E-state index contributed by atoms with van der Waals surface area (Å²) in [4.78, 5) is 15.4. The van der Waals surface area contributed by atoms with Crippen LogP contribution in [0.1, 0.15) is 25.7 Å². The summed E-state index contributed by atoms with van der Waals surface area (Å²) < 4.78 is 24.3. The molecule has 0 bridgehead atoms. The molecule has 3 heterocycles. The van der Waals surface area contributed by atoms with Crippen LogP contribution in [0.3, 0.4) is 0 Å². The van der Waals surface area contributed by atoms with Crippen LogP contribution in [0, 0.1) is 5.95 Å². The lowest BCUT2D eigenvalue weighted by Crippen LogP contribution is -2.46. The monoisotopic (exact) mass is 437 g/mol. The Morgan fingerprint density at radius 2 is 1.84 bits per heavy atom. The van der Waals surface area contributed by atoms with E-state index < -0.39 is 5.95 Å². The molecule has 7 nitrogen and oxygen atoms in total. The molecule has 1 saturated carbocycles. The average Bonchev–Trinajstić information content (AvgIpc) is 2.85. The van der Waals surface area contributed by atoms with E-state index in [0.717, 1.165) is 67.0 Å². The van der Waals surface area contributed by atoms with Gasteiger partial charge in [0.25, 0.3) is 5.95 Å². The number of methoxy groups -OCH3 is 1. The number of nitrogens with one attached hydrogen (secondary N) is 1. The first kappa shape index (κ1) is 21.0. The van der Waals surface area contributed by atoms with Crippen molar-refractivity contribution in [2.24, 2.45) is 0 Å². The highest BCUT2D eigenvalue weighted by molar-refractivity contribution is 5.92. The van der Waals surface area contributed by atoms with E-state index in [4.69, 9.17) is 9.47 Å². The molecule has 5 rings (SSSR count). The fourth-order valence-electron chi connectivity index (χ4n) is 4.80. The summed E-state index contributed by atoms with van der Waals surface area (Å²) in [5, 5.41) is 4.61. The molecule has 2 fully saturated rings. The molecule has 1 aliphatic heterocycles. The number of halogens is 1. The van der Waals surface area contributed by atoms with Crippen molar-refractivity contribution in [2.45, 2.75) is 37.8 Å². The van der Waals surface area contributed by atoms with E-state index >= 15 is 0 Å². The molecule has 3 aromatic rings. The van der Waals surface area contributed by atoms with E-state index in [9.17, 15) is 4.39 Å². The molecule has 0 atom stereocenters. The number of benzene rings is 1. The minimum atomic E-state index is -0.615. The van der Waals surface area contributed by atoms with Gasteiger partial charge in [0.1, 0.15) is 12.1 Å². The summed E-state index contributed by atoms with van der Waals surface area (Å²) in [5.41, 5.74) is 2.57. The Kier molecular flexibility index (Phi) is 6.14. The van der Waals surface area contributed by atoms with Crippen molar-refractivity contribution in [3.8, 4) is 16.9 Å². The fourth-order valence-corrected chi connectivity index (χ4v) is 4.80. The van der Waals surface area contributed by atoms with Gasteiger partial charge >= 0.3 is 0 Å². The predicted octanol–water partition coefficient (Wildman–Crippen LogP) is 3.89. The maximum Gasteiger partial charge on any atom is 0.255 e. The molecule has 1 saturated heterocycles. The van der Waals surface area contributed by atoms with Crippen LogP contribution in [0.15, 0.2) is 36.8 Å². The van der Waals surface area contributed by atoms with Crippen molar-refractivity contribution in [2.75, 3.05) is 38.7 Å². The molecule has 0 radical (unpaired) electrons. The summed E-state index contributed by atoms with van der Waals surface area (Å²) in [5.74, 6) is 0.353. The summed E-state index contributed by atoms with van der Waals surface area (Å²) >= 11 is 0. The van der Waals surface area contributed by atoms with Gasteiger partial charge in [-0.25, -0.2) is 15.0 Å². The first-order valence-corrected chi connectivity index (χ1v) is 11.2. The second kappa shape index (κ2) is 9.34. The van der Waals surface area contributed by atoms with E-state index in [1.807, 2.05) is 18.2 Å². The number of fused-ring (bicyclic) bond motifs is 1. The minimum Gasteiger partial charge on any atom is -0.492 e. The Bertz CT molecular complexity index is 1080. The van der Waals surface area contributed by atoms with Crippen LogP contribution >= 0.6 is 0 Å². The Morgan fingerprint density at radius 3 is 2.62 bits per heavy atom. The van der Waals surface area contributed by atoms with E-state index in [1.54, 1.807) is 12.4 Å². The molecular weight excluding hydrogens is 409 g/mol. The molecule has 0 spiro atoms. The number of morpholine rings is 1. The number of pyridine rings is 1. The number of ether oxygens (including phenoxy) is 2. The Balaban J connectivity index is 1.34. The van der Waals surface area contributed by atoms with Crippen LogP contribution in [0.5, 0.6) is 5.75 Å². The number of rotatable bonds is 5. The molecule has 1 aromatic carbocycles. The fraction of sp³-hybridized carbons (Fsp3) is 0.458. The Morgan fingerprint density at radius 1 is 1.03 bits per heavy atom. The smallest absolute Gasteiger partial charge is 0.255 e. The topological polar surface area (TPSA) is 72.4 Å². The second-order valence-electron chi connectivity index (χ2n) is 8.47. The van der Waals surface area contributed by atoms with Gasteiger partial charge in [-0.05, 0) is 49.4 Å². The highest BCUT2D eigenvalue weighted by Gasteiger charge is 2.27. The normalized spacial score (nSPS) is 22.1. The van der Waals surface area contributed by atoms with Crippen molar-refractivity contribution in [3.05, 3.63) is 42.7 Å². The third kappa shape index (κ3) is 4.38. The van der Waals surface area contributed by atoms with Gasteiger partial charge in [0.2, 0.25) is 0 Å². The first-order chi connectivity index (χ1) is 15.7. The first-order valence-electron chi connectivity index (χ1n) is 11.2. The highest BCUT2D eigenvalue weighted by atomic mass is 19.1. The molecule has 8 heteroatoms. The average molecular weight is 438 g/mol. The van der Waals surface area contributed by atoms with Gasteiger partial charge in [-0.15, -0.1) is 0 Å². The zero-order valence-electron chi connectivity index (χ0n) is 18.3. The van der Waals surface area contributed by atoms with Gasteiger partial charge < -0.3 is 14.8 Å². The summed E-state index contributed by atoms with van der Waals surface area (Å²) in [7, 11) is 1.44. The zero-order valence-corrected chi connectivity index (χ0v) is 18.3. The number of hydrogen-bond donors (Lipinski definition) is 1. The molecule has 1 aliphatic carbocycles. The second-order valence-corrected chi connectivity index (χ2v) is 8.47. The van der Waals surface area contributed by atoms with Gasteiger partial charge in [0, 0.05) is 42.3 Å². The van der Waals surface area contributed by atoms with Gasteiger partial charge in [-0.3, -0.25) is 4.90 Å². The quantitative estimate of drug-likeness (QED) is 0.607. The van der Waals surface area contributed by atoms with E-state index in [0.29, 0.717) is 12.1 Å². The molecule has 0 unspecified atom stereocenters. The molecule has 0 amide bonds. The molecule has 168 valence electrons. The highest BCUT2D eigenvalue weighted by Crippen LogP contribution is 2.31. The van der Waals surface area contributed by atoms with Crippen LogP contribution in [0.4, 0.5) is 10.2 Å². The van der Waals surface area contributed by atoms with Gasteiger partial charge in [-0.1, -0.05) is 6.07 Å². The minimum absolute atomic E-state index is 0.127. The zero-order chi connectivity index (χ0) is 21.9. The third-order valence-corrected chi connectivity index (χ3v) is 6.60. The number of aromatic nitrogens is 3. The lowest BCUT2D eigenvalue weighted by Gasteiger charge is -2.39. The maximum absolute atomic E-state index is 13.7. The molecular formula is C24H28FN5O2. The van der Waals surface area contributed by atoms with Crippen molar-refractivity contribution in [3.63, 3.8) is 0 Å². The molecule has 2 aromatic heterocycles. The van der Waals surface area contributed by atoms with Crippen LogP contribution in [0.25, 0.3) is 22.0 Å². The summed E-state index contributed by atoms with van der Waals surface area (Å²) in [6.07, 6.45) is 7.73. The summed E-state index contributed by atoms with van der Waals surface area (Å²) in [6, 6.07) is 8.66. The van der Waals surface area contributed by atoms with Gasteiger partial charge in [0.15, 0.2) is 5.75 Å². The number of anilines is 1. The number of hydrogen-bond acceptors (Lipinski definition) is 7. The lowest BCUT2D eigenvalue weighted by molar-refractivity contribution is 0.00791. The SMILES string of the molecule is COc1cc(-c2ccc3ncnc(N[C@H]4CC[C@H](N5CCOCC5)CC4)c3c2)cnc1F. The number of nitrogens with zero attached hydrogens (tertiary/aromatic N) is 4. The van der Waals surface area contributed by atoms with Crippen molar-refractivity contribution in [1.82, 2.24) is 19.9 Å². The van der Waals surface area contributed by atoms with Crippen LogP contribution < -0.4 is 10.1 Å². The van der Waals surface area contributed by atoms with Crippen molar-refractivity contribution in [1.29, 1.82) is 0 Å². The van der Waals surface area contributed by atoms with Crippen LogP contribution in [0.2, 0.25) is 0 Å². The predicted molar refractivity (Wildman–Crippen MR) is 121 cm³/mol. The van der Waals surface area contributed by atoms with Gasteiger partial charge in [-0.2, -0.15) is 4.39 Å². The Labute approximate surface area is 187 Å². The van der Waals surface area contributed by atoms with Crippen molar-refractivity contribution < 1.29 is 13.9 Å². The summed E-state index contributed by atoms with van der Waals surface area (Å²) in [6.45, 7) is 3.79. The standard InChI is InChI=1S/C24H28FN5O2/c1-31-22-13-17(14-26-23(22)25)16-2-7-21-20(12-16)24(28-15-27-21)29-18-3-5-19(6-4-18)30-8-10-32-11-9-30/h2,7,12-15,18-19H,3-6,8-11H2,1H3,(H,27,28,29)/t18-,19-. The van der Waals surface area contributed by atoms with Crippen LogP contribution in [-0.2, 0) is 4.74 Å².